The summed E-state index contributed by atoms with van der Waals surface area (Å²) in [5, 5.41) is 5.32. The molecule has 2 aromatic carbocycles. The smallest absolute Gasteiger partial charge is 0.263 e. The molecule has 6 nitrogen and oxygen atoms in total. The number of benzene rings is 2. The van der Waals surface area contributed by atoms with E-state index in [1.54, 1.807) is 31.2 Å². The maximum absolute atomic E-state index is 13.2. The molecular weight excluding hydrogens is 398 g/mol. The number of fused-ring (bicyclic) bond motifs is 1. The number of ether oxygens (including phenoxy) is 1. The minimum Gasteiger partial charge on any atom is -0.494 e. The molecule has 0 fully saturated rings. The van der Waals surface area contributed by atoms with Crippen LogP contribution in [-0.4, -0.2) is 22.1 Å². The second kappa shape index (κ2) is 8.51. The first-order chi connectivity index (χ1) is 14.6. The molecule has 2 heterocycles. The van der Waals surface area contributed by atoms with Crippen molar-refractivity contribution in [1.29, 1.82) is 0 Å². The number of rotatable bonds is 6. The zero-order chi connectivity index (χ0) is 21.1. The molecule has 0 spiro atoms. The Hall–Kier alpha value is -3.45. The van der Waals surface area contributed by atoms with Crippen molar-refractivity contribution in [1.82, 2.24) is 9.55 Å². The van der Waals surface area contributed by atoms with E-state index in [1.807, 2.05) is 42.6 Å². The number of nitrogens with zero attached hydrogens (tertiary/aromatic N) is 2. The van der Waals surface area contributed by atoms with Gasteiger partial charge in [0.1, 0.15) is 16.6 Å². The van der Waals surface area contributed by atoms with Crippen LogP contribution >= 0.6 is 11.3 Å². The molecule has 0 radical (unpaired) electrons. The molecule has 1 atom stereocenters. The Balaban J connectivity index is 1.63. The SMILES string of the molecule is CCOc1ccc(NC(=O)[C@@H](C)n2cnc3scc(-c4ccccc4)c3c2=O)cc1. The highest BCUT2D eigenvalue weighted by molar-refractivity contribution is 7.17. The van der Waals surface area contributed by atoms with Crippen molar-refractivity contribution in [3.05, 3.63) is 76.7 Å². The first-order valence-electron chi connectivity index (χ1n) is 9.66. The van der Waals surface area contributed by atoms with Crippen molar-refractivity contribution < 1.29 is 9.53 Å². The van der Waals surface area contributed by atoms with E-state index in [1.165, 1.54) is 22.2 Å². The van der Waals surface area contributed by atoms with Crippen LogP contribution in [0, 0.1) is 0 Å². The first-order valence-corrected chi connectivity index (χ1v) is 10.5. The van der Waals surface area contributed by atoms with Gasteiger partial charge < -0.3 is 10.1 Å². The largest absolute Gasteiger partial charge is 0.494 e. The Morgan fingerprint density at radius 3 is 2.60 bits per heavy atom. The summed E-state index contributed by atoms with van der Waals surface area (Å²) in [5.74, 6) is 0.444. The number of amides is 1. The highest BCUT2D eigenvalue weighted by atomic mass is 32.1. The van der Waals surface area contributed by atoms with Crippen molar-refractivity contribution >= 4 is 33.1 Å². The topological polar surface area (TPSA) is 73.2 Å². The molecule has 0 bridgehead atoms. The van der Waals surface area contributed by atoms with Gasteiger partial charge in [0.2, 0.25) is 5.91 Å². The molecule has 152 valence electrons. The quantitative estimate of drug-likeness (QED) is 0.491. The molecule has 0 saturated heterocycles. The molecule has 1 N–H and O–H groups in total. The molecule has 1 amide bonds. The van der Waals surface area contributed by atoms with Crippen LogP contribution < -0.4 is 15.6 Å². The average Bonchev–Trinajstić information content (AvgIpc) is 3.21. The third-order valence-corrected chi connectivity index (χ3v) is 5.72. The predicted molar refractivity (Wildman–Crippen MR) is 120 cm³/mol. The van der Waals surface area contributed by atoms with E-state index in [2.05, 4.69) is 10.3 Å². The molecule has 0 saturated carbocycles. The minimum absolute atomic E-state index is 0.227. The van der Waals surface area contributed by atoms with Crippen LogP contribution in [-0.2, 0) is 4.79 Å². The van der Waals surface area contributed by atoms with E-state index in [9.17, 15) is 9.59 Å². The second-order valence-electron chi connectivity index (χ2n) is 6.78. The third-order valence-electron chi connectivity index (χ3n) is 4.83. The first kappa shape index (κ1) is 19.8. The number of hydrogen-bond acceptors (Lipinski definition) is 5. The Morgan fingerprint density at radius 2 is 1.90 bits per heavy atom. The summed E-state index contributed by atoms with van der Waals surface area (Å²) < 4.78 is 6.79. The molecule has 30 heavy (non-hydrogen) atoms. The van der Waals surface area contributed by atoms with Crippen molar-refractivity contribution in [2.45, 2.75) is 19.9 Å². The van der Waals surface area contributed by atoms with Gasteiger partial charge in [-0.05, 0) is 43.7 Å². The van der Waals surface area contributed by atoms with Crippen LogP contribution in [0.15, 0.2) is 71.1 Å². The highest BCUT2D eigenvalue weighted by Gasteiger charge is 2.20. The van der Waals surface area contributed by atoms with Crippen molar-refractivity contribution in [2.75, 3.05) is 11.9 Å². The van der Waals surface area contributed by atoms with Crippen LogP contribution in [0.1, 0.15) is 19.9 Å². The number of carbonyl (C=O) groups is 1. The second-order valence-corrected chi connectivity index (χ2v) is 7.63. The maximum atomic E-state index is 13.2. The van der Waals surface area contributed by atoms with Crippen LogP contribution in [0.5, 0.6) is 5.75 Å². The Labute approximate surface area is 177 Å². The third kappa shape index (κ3) is 3.84. The Kier molecular flexibility index (Phi) is 5.63. The molecular formula is C23H21N3O3S. The number of thiophene rings is 1. The maximum Gasteiger partial charge on any atom is 0.263 e. The van der Waals surface area contributed by atoms with Crippen molar-refractivity contribution in [3.63, 3.8) is 0 Å². The van der Waals surface area contributed by atoms with Gasteiger partial charge in [-0.1, -0.05) is 30.3 Å². The fourth-order valence-electron chi connectivity index (χ4n) is 3.23. The lowest BCUT2D eigenvalue weighted by atomic mass is 10.1. The van der Waals surface area contributed by atoms with Crippen LogP contribution in [0.3, 0.4) is 0 Å². The molecule has 4 aromatic rings. The number of anilines is 1. The molecule has 2 aromatic heterocycles. The zero-order valence-corrected chi connectivity index (χ0v) is 17.5. The number of aromatic nitrogens is 2. The molecule has 0 aliphatic rings. The molecule has 4 rings (SSSR count). The lowest BCUT2D eigenvalue weighted by molar-refractivity contribution is -0.118. The summed E-state index contributed by atoms with van der Waals surface area (Å²) in [7, 11) is 0. The van der Waals surface area contributed by atoms with Crippen LogP contribution in [0.25, 0.3) is 21.3 Å². The normalized spacial score (nSPS) is 11.9. The molecule has 0 unspecified atom stereocenters. The Bertz CT molecular complexity index is 1230. The molecule has 7 heteroatoms. The number of carbonyl (C=O) groups excluding carboxylic acids is 1. The van der Waals surface area contributed by atoms with E-state index >= 15 is 0 Å². The van der Waals surface area contributed by atoms with Gasteiger partial charge in [-0.15, -0.1) is 11.3 Å². The van der Waals surface area contributed by atoms with E-state index < -0.39 is 6.04 Å². The van der Waals surface area contributed by atoms with Gasteiger partial charge in [0.05, 0.1) is 18.3 Å². The van der Waals surface area contributed by atoms with Crippen LogP contribution in [0.4, 0.5) is 5.69 Å². The summed E-state index contributed by atoms with van der Waals surface area (Å²) in [6.45, 7) is 4.18. The van der Waals surface area contributed by atoms with Gasteiger partial charge in [0, 0.05) is 16.6 Å². The molecule has 0 aliphatic carbocycles. The van der Waals surface area contributed by atoms with Gasteiger partial charge in [-0.25, -0.2) is 4.98 Å². The number of nitrogens with one attached hydrogen (secondary N) is 1. The van der Waals surface area contributed by atoms with E-state index in [-0.39, 0.29) is 11.5 Å². The van der Waals surface area contributed by atoms with Gasteiger partial charge in [0.25, 0.3) is 5.56 Å². The zero-order valence-electron chi connectivity index (χ0n) is 16.7. The summed E-state index contributed by atoms with van der Waals surface area (Å²) in [4.78, 5) is 31.1. The van der Waals surface area contributed by atoms with Gasteiger partial charge in [-0.3, -0.25) is 14.2 Å². The lowest BCUT2D eigenvalue weighted by Crippen LogP contribution is -2.31. The van der Waals surface area contributed by atoms with Gasteiger partial charge in [-0.2, -0.15) is 0 Å². The average molecular weight is 420 g/mol. The highest BCUT2D eigenvalue weighted by Crippen LogP contribution is 2.30. The Morgan fingerprint density at radius 1 is 1.17 bits per heavy atom. The fraction of sp³-hybridized carbons (Fsp3) is 0.174. The number of hydrogen-bond donors (Lipinski definition) is 1. The lowest BCUT2D eigenvalue weighted by Gasteiger charge is -2.15. The van der Waals surface area contributed by atoms with Crippen molar-refractivity contribution in [2.24, 2.45) is 0 Å². The van der Waals surface area contributed by atoms with E-state index in [0.29, 0.717) is 22.5 Å². The summed E-state index contributed by atoms with van der Waals surface area (Å²) in [6, 6.07) is 16.1. The van der Waals surface area contributed by atoms with E-state index in [4.69, 9.17) is 4.74 Å². The summed E-state index contributed by atoms with van der Waals surface area (Å²) >= 11 is 1.42. The van der Waals surface area contributed by atoms with Crippen molar-refractivity contribution in [3.8, 4) is 16.9 Å². The van der Waals surface area contributed by atoms with Gasteiger partial charge in [0.15, 0.2) is 0 Å². The van der Waals surface area contributed by atoms with E-state index in [0.717, 1.165) is 16.9 Å². The molecule has 0 aliphatic heterocycles. The minimum atomic E-state index is -0.718. The van der Waals surface area contributed by atoms with Crippen LogP contribution in [0.2, 0.25) is 0 Å². The summed E-state index contributed by atoms with van der Waals surface area (Å²) in [5.41, 5.74) is 2.20. The monoisotopic (exact) mass is 419 g/mol. The predicted octanol–water partition coefficient (Wildman–Crippen LogP) is 4.72. The fourth-order valence-corrected chi connectivity index (χ4v) is 4.13. The van der Waals surface area contributed by atoms with Gasteiger partial charge >= 0.3 is 0 Å². The standard InChI is InChI=1S/C23H21N3O3S/c1-3-29-18-11-9-17(10-12-18)25-21(27)15(2)26-14-24-22-20(23(26)28)19(13-30-22)16-7-5-4-6-8-16/h4-15H,3H2,1-2H3,(H,25,27)/t15-/m1/s1. The summed E-state index contributed by atoms with van der Waals surface area (Å²) in [6.07, 6.45) is 1.44.